The van der Waals surface area contributed by atoms with E-state index in [2.05, 4.69) is 50.9 Å². The molecule has 2 aromatic heterocycles. The molecule has 2 aliphatic heterocycles. The van der Waals surface area contributed by atoms with Gasteiger partial charge in [-0.3, -0.25) is 9.59 Å². The lowest BCUT2D eigenvalue weighted by molar-refractivity contribution is -0.136. The summed E-state index contributed by atoms with van der Waals surface area (Å²) in [7, 11) is 2.52. The van der Waals surface area contributed by atoms with Crippen LogP contribution in [0.5, 0.6) is 0 Å². The van der Waals surface area contributed by atoms with Gasteiger partial charge in [-0.25, -0.2) is 23.9 Å². The van der Waals surface area contributed by atoms with Crippen LogP contribution in [-0.4, -0.2) is 99.3 Å². The first-order valence-electron chi connectivity index (χ1n) is 19.4. The summed E-state index contributed by atoms with van der Waals surface area (Å²) in [6.45, 7) is 7.90. The van der Waals surface area contributed by atoms with E-state index in [0.29, 0.717) is 23.7 Å². The molecule has 5 atom stereocenters. The van der Waals surface area contributed by atoms with Gasteiger partial charge in [0.2, 0.25) is 11.8 Å². The molecule has 0 spiro atoms. The molecule has 3 aromatic carbocycles. The minimum Gasteiger partial charge on any atom is -0.453 e. The van der Waals surface area contributed by atoms with Crippen molar-refractivity contribution in [2.45, 2.75) is 77.3 Å². The number of nitrogens with zero attached hydrogens (tertiary/aromatic N) is 4. The van der Waals surface area contributed by atoms with Gasteiger partial charge < -0.3 is 39.9 Å². The normalized spacial score (nSPS) is 19.4. The lowest BCUT2D eigenvalue weighted by Crippen LogP contribution is -2.51. The highest BCUT2D eigenvalue weighted by molar-refractivity contribution is 5.88. The summed E-state index contributed by atoms with van der Waals surface area (Å²) < 4.78 is 24.3. The van der Waals surface area contributed by atoms with E-state index in [1.165, 1.54) is 19.1 Å². The molecule has 300 valence electrons. The Morgan fingerprint density at radius 1 is 0.702 bits per heavy atom. The van der Waals surface area contributed by atoms with Gasteiger partial charge in [0.05, 0.1) is 54.9 Å². The Labute approximate surface area is 329 Å². The number of amides is 4. The zero-order chi connectivity index (χ0) is 40.5. The number of hydrogen-bond donors (Lipinski definition) is 4. The van der Waals surface area contributed by atoms with Crippen molar-refractivity contribution in [3.05, 3.63) is 72.3 Å². The Kier molecular flexibility index (Phi) is 11.2. The number of alkyl halides is 1. The van der Waals surface area contributed by atoms with E-state index in [9.17, 15) is 23.6 Å². The first-order chi connectivity index (χ1) is 27.3. The smallest absolute Gasteiger partial charge is 0.407 e. The van der Waals surface area contributed by atoms with Gasteiger partial charge in [0, 0.05) is 13.0 Å². The highest BCUT2D eigenvalue weighted by atomic mass is 19.1. The van der Waals surface area contributed by atoms with E-state index < -0.39 is 36.5 Å². The van der Waals surface area contributed by atoms with Gasteiger partial charge in [0.1, 0.15) is 29.9 Å². The number of fused-ring (bicyclic) bond motifs is 2. The first kappa shape index (κ1) is 39.3. The highest BCUT2D eigenvalue weighted by Crippen LogP contribution is 2.36. The van der Waals surface area contributed by atoms with Gasteiger partial charge >= 0.3 is 12.2 Å². The third-order valence-corrected chi connectivity index (χ3v) is 11.0. The third-order valence-electron chi connectivity index (χ3n) is 11.0. The molecule has 0 aliphatic carbocycles. The summed E-state index contributed by atoms with van der Waals surface area (Å²) in [6, 6.07) is 17.8. The predicted molar refractivity (Wildman–Crippen MR) is 213 cm³/mol. The van der Waals surface area contributed by atoms with Gasteiger partial charge in [-0.05, 0) is 71.2 Å². The molecule has 4 amide bonds. The Hall–Kier alpha value is -5.99. The zero-order valence-electron chi connectivity index (χ0n) is 33.0. The molecule has 0 bridgehead atoms. The number of methoxy groups -OCH3 is 2. The van der Waals surface area contributed by atoms with Crippen molar-refractivity contribution >= 4 is 46.1 Å². The number of hydrogen-bond acceptors (Lipinski definition) is 8. The lowest BCUT2D eigenvalue weighted by Gasteiger charge is -2.29. The fourth-order valence-corrected chi connectivity index (χ4v) is 7.95. The molecule has 4 heterocycles. The predicted octanol–water partition coefficient (Wildman–Crippen LogP) is 6.81. The van der Waals surface area contributed by atoms with E-state index in [0.717, 1.165) is 51.6 Å². The van der Waals surface area contributed by atoms with Crippen LogP contribution in [0.25, 0.3) is 44.3 Å². The minimum absolute atomic E-state index is 0.0880. The summed E-state index contributed by atoms with van der Waals surface area (Å²) in [6.07, 6.45) is -0.884. The van der Waals surface area contributed by atoms with Gasteiger partial charge in [0.15, 0.2) is 0 Å². The number of nitrogens with one attached hydrogen (secondary N) is 4. The van der Waals surface area contributed by atoms with Crippen molar-refractivity contribution in [2.75, 3.05) is 27.3 Å². The number of imidazole rings is 2. The van der Waals surface area contributed by atoms with Crippen LogP contribution in [0.4, 0.5) is 14.0 Å². The number of likely N-dealkylation sites (tertiary alicyclic amines) is 2. The van der Waals surface area contributed by atoms with E-state index in [1.807, 2.05) is 58.0 Å². The summed E-state index contributed by atoms with van der Waals surface area (Å²) >= 11 is 0. The molecule has 2 fully saturated rings. The van der Waals surface area contributed by atoms with Crippen LogP contribution < -0.4 is 10.6 Å². The molecule has 0 unspecified atom stereocenters. The van der Waals surface area contributed by atoms with Gasteiger partial charge in [-0.15, -0.1) is 0 Å². The van der Waals surface area contributed by atoms with Crippen molar-refractivity contribution in [2.24, 2.45) is 11.8 Å². The Morgan fingerprint density at radius 3 is 1.63 bits per heavy atom. The fourth-order valence-electron chi connectivity index (χ4n) is 7.95. The standard InChI is InChI=1S/C42H49FN8O6/c1-22(2)35(48-41(54)56-5)39(52)50-17-7-8-33(50)37-44-29-15-13-26(18-31(29)46-37)24-9-11-25(12-10-24)27-14-16-30-32(19-27)47-38(45-30)34-20-28(43)21-51(34)40(53)36(23(3)4)49-42(55)57-6/h9-16,18-19,22-23,28,33-36H,7-8,17,20-21H2,1-6H3,(H,44,46)(H,45,47)(H,48,54)(H,49,55)/t28-,33+,34+,35+,36+/m1/s1. The highest BCUT2D eigenvalue weighted by Gasteiger charge is 2.42. The van der Waals surface area contributed by atoms with Crippen LogP contribution in [0.15, 0.2) is 60.7 Å². The van der Waals surface area contributed by atoms with Crippen molar-refractivity contribution in [1.29, 1.82) is 0 Å². The number of halogens is 1. The van der Waals surface area contributed by atoms with Crippen LogP contribution in [0.3, 0.4) is 0 Å². The summed E-state index contributed by atoms with van der Waals surface area (Å²) in [5, 5.41) is 5.29. The summed E-state index contributed by atoms with van der Waals surface area (Å²) in [4.78, 5) is 70.9. The van der Waals surface area contributed by atoms with Crippen molar-refractivity contribution in [3.8, 4) is 22.3 Å². The topological polar surface area (TPSA) is 175 Å². The number of aromatic nitrogens is 4. The summed E-state index contributed by atoms with van der Waals surface area (Å²) in [5.74, 6) is 0.313. The molecule has 0 saturated carbocycles. The van der Waals surface area contributed by atoms with Crippen LogP contribution in [0, 0.1) is 11.8 Å². The number of carbonyl (C=O) groups is 4. The average molecular weight is 781 g/mol. The maximum absolute atomic E-state index is 14.8. The van der Waals surface area contributed by atoms with Gasteiger partial charge in [0.25, 0.3) is 0 Å². The van der Waals surface area contributed by atoms with Crippen molar-refractivity contribution in [3.63, 3.8) is 0 Å². The van der Waals surface area contributed by atoms with Gasteiger partial charge in [-0.2, -0.15) is 0 Å². The minimum atomic E-state index is -1.22. The van der Waals surface area contributed by atoms with Crippen molar-refractivity contribution in [1.82, 2.24) is 40.4 Å². The SMILES string of the molecule is COC(=O)N[C@H](C(=O)N1CCC[C@H]1c1nc2ccc(-c3ccc(-c4ccc5nc([C@@H]6C[C@@H](F)CN6C(=O)[C@@H](NC(=O)OC)C(C)C)[nH]c5c4)cc3)cc2[nH]1)C(C)C. The first-order valence-corrected chi connectivity index (χ1v) is 19.4. The maximum atomic E-state index is 14.8. The number of H-pyrrole nitrogens is 2. The number of carbonyl (C=O) groups excluding carboxylic acids is 4. The molecule has 14 nitrogen and oxygen atoms in total. The third kappa shape index (κ3) is 8.00. The number of rotatable bonds is 10. The maximum Gasteiger partial charge on any atom is 0.407 e. The number of alkyl carbamates (subject to hydrolysis) is 2. The van der Waals surface area contributed by atoms with E-state index in [4.69, 9.17) is 19.4 Å². The number of benzene rings is 3. The molecule has 0 radical (unpaired) electrons. The van der Waals surface area contributed by atoms with Crippen LogP contribution in [-0.2, 0) is 19.1 Å². The second kappa shape index (κ2) is 16.2. The molecule has 5 aromatic rings. The van der Waals surface area contributed by atoms with E-state index in [1.54, 1.807) is 4.90 Å². The zero-order valence-corrected chi connectivity index (χ0v) is 33.0. The average Bonchev–Trinajstić information content (AvgIpc) is 4.02. The van der Waals surface area contributed by atoms with Crippen LogP contribution in [0.1, 0.15) is 70.7 Å². The molecular formula is C42H49FN8O6. The monoisotopic (exact) mass is 780 g/mol. The lowest BCUT2D eigenvalue weighted by atomic mass is 10.00. The molecule has 7 rings (SSSR count). The molecule has 57 heavy (non-hydrogen) atoms. The fraction of sp³-hybridized carbons (Fsp3) is 0.429. The second-order valence-corrected chi connectivity index (χ2v) is 15.5. The largest absolute Gasteiger partial charge is 0.453 e. The molecule has 2 saturated heterocycles. The van der Waals surface area contributed by atoms with E-state index >= 15 is 0 Å². The molecular weight excluding hydrogens is 732 g/mol. The molecule has 15 heteroatoms. The molecule has 4 N–H and O–H groups in total. The number of aromatic amines is 2. The van der Waals surface area contributed by atoms with Crippen LogP contribution >= 0.6 is 0 Å². The second-order valence-electron chi connectivity index (χ2n) is 15.5. The Balaban J connectivity index is 1.07. The number of ether oxygens (including phenoxy) is 2. The quantitative estimate of drug-likeness (QED) is 0.120. The van der Waals surface area contributed by atoms with Gasteiger partial charge in [-0.1, -0.05) is 64.1 Å². The van der Waals surface area contributed by atoms with Crippen molar-refractivity contribution < 1.29 is 33.0 Å². The Bertz CT molecular complexity index is 2290. The molecule has 2 aliphatic rings. The van der Waals surface area contributed by atoms with E-state index in [-0.39, 0.29) is 42.7 Å². The van der Waals surface area contributed by atoms with Crippen LogP contribution in [0.2, 0.25) is 0 Å². The summed E-state index contributed by atoms with van der Waals surface area (Å²) in [5.41, 5.74) is 7.09. The Morgan fingerprint density at radius 2 is 1.16 bits per heavy atom.